The second kappa shape index (κ2) is 4.64. The van der Waals surface area contributed by atoms with Crippen LogP contribution >= 0.6 is 33.9 Å². The van der Waals surface area contributed by atoms with Crippen molar-refractivity contribution in [1.82, 2.24) is 4.90 Å². The second-order valence-electron chi connectivity index (χ2n) is 5.10. The Bertz CT molecular complexity index is 389. The van der Waals surface area contributed by atoms with Crippen molar-refractivity contribution in [3.63, 3.8) is 0 Å². The summed E-state index contributed by atoms with van der Waals surface area (Å²) in [5.74, 6) is 0.203. The molecule has 0 unspecified atom stereocenters. The molecule has 2 rings (SSSR count). The number of rotatable bonds is 1. The molecular formula is C12H16INOS. The Labute approximate surface area is 114 Å². The van der Waals surface area contributed by atoms with Gasteiger partial charge in [0.25, 0.3) is 5.91 Å². The average molecular weight is 349 g/mol. The van der Waals surface area contributed by atoms with Crippen molar-refractivity contribution in [1.29, 1.82) is 0 Å². The Morgan fingerprint density at radius 3 is 2.56 bits per heavy atom. The van der Waals surface area contributed by atoms with Crippen LogP contribution in [-0.4, -0.2) is 23.9 Å². The molecule has 1 aromatic heterocycles. The third-order valence-corrected chi connectivity index (χ3v) is 5.01. The number of hydrogen-bond acceptors (Lipinski definition) is 2. The van der Waals surface area contributed by atoms with Crippen LogP contribution in [-0.2, 0) is 0 Å². The van der Waals surface area contributed by atoms with Crippen LogP contribution in [0.1, 0.15) is 37.0 Å². The largest absolute Gasteiger partial charge is 0.339 e. The fraction of sp³-hybridized carbons (Fsp3) is 0.583. The van der Waals surface area contributed by atoms with Crippen molar-refractivity contribution in [3.05, 3.63) is 19.9 Å². The number of hydrogen-bond donors (Lipinski definition) is 0. The molecular weight excluding hydrogens is 333 g/mol. The van der Waals surface area contributed by atoms with E-state index in [1.54, 1.807) is 11.3 Å². The summed E-state index contributed by atoms with van der Waals surface area (Å²) in [4.78, 5) is 14.1. The molecule has 0 saturated carbocycles. The monoisotopic (exact) mass is 349 g/mol. The first-order valence-corrected chi connectivity index (χ1v) is 7.47. The van der Waals surface area contributed by atoms with Crippen molar-refractivity contribution in [2.75, 3.05) is 13.1 Å². The van der Waals surface area contributed by atoms with Gasteiger partial charge >= 0.3 is 0 Å². The van der Waals surface area contributed by atoms with Gasteiger partial charge in [-0.25, -0.2) is 0 Å². The van der Waals surface area contributed by atoms with E-state index >= 15 is 0 Å². The Kier molecular flexibility index (Phi) is 3.59. The van der Waals surface area contributed by atoms with Gasteiger partial charge in [-0.15, -0.1) is 11.3 Å². The topological polar surface area (TPSA) is 20.3 Å². The molecule has 1 amide bonds. The standard InChI is InChI=1S/C12H16INOS/c1-12(2)3-5-14(6-4-12)11(15)9-7-10(13)16-8-9/h7-8H,3-6H2,1-2H3. The van der Waals surface area contributed by atoms with E-state index in [0.717, 1.165) is 31.5 Å². The lowest BCUT2D eigenvalue weighted by atomic mass is 9.82. The number of nitrogens with zero attached hydrogens (tertiary/aromatic N) is 1. The van der Waals surface area contributed by atoms with Crippen molar-refractivity contribution in [3.8, 4) is 0 Å². The van der Waals surface area contributed by atoms with Gasteiger partial charge in [-0.1, -0.05) is 13.8 Å². The summed E-state index contributed by atoms with van der Waals surface area (Å²) in [6.45, 7) is 6.36. The lowest BCUT2D eigenvalue weighted by Gasteiger charge is -2.36. The SMILES string of the molecule is CC1(C)CCN(C(=O)c2csc(I)c2)CC1. The zero-order valence-corrected chi connectivity index (χ0v) is 12.6. The van der Waals surface area contributed by atoms with Crippen molar-refractivity contribution < 1.29 is 4.79 Å². The van der Waals surface area contributed by atoms with E-state index in [4.69, 9.17) is 0 Å². The molecule has 1 aromatic rings. The molecule has 0 spiro atoms. The fourth-order valence-electron chi connectivity index (χ4n) is 1.92. The van der Waals surface area contributed by atoms with Crippen LogP contribution in [0, 0.1) is 8.30 Å². The van der Waals surface area contributed by atoms with E-state index in [2.05, 4.69) is 36.4 Å². The van der Waals surface area contributed by atoms with Crippen LogP contribution < -0.4 is 0 Å². The maximum atomic E-state index is 12.2. The summed E-state index contributed by atoms with van der Waals surface area (Å²) in [6.07, 6.45) is 2.22. The number of halogens is 1. The van der Waals surface area contributed by atoms with Crippen molar-refractivity contribution in [2.24, 2.45) is 5.41 Å². The molecule has 1 fully saturated rings. The molecule has 2 nitrogen and oxygen atoms in total. The van der Waals surface area contributed by atoms with E-state index in [9.17, 15) is 4.79 Å². The minimum absolute atomic E-state index is 0.203. The molecule has 16 heavy (non-hydrogen) atoms. The maximum Gasteiger partial charge on any atom is 0.254 e. The molecule has 0 atom stereocenters. The normalized spacial score (nSPS) is 19.8. The summed E-state index contributed by atoms with van der Waals surface area (Å²) in [7, 11) is 0. The van der Waals surface area contributed by atoms with Gasteiger partial charge in [0.05, 0.1) is 8.45 Å². The van der Waals surface area contributed by atoms with Crippen molar-refractivity contribution in [2.45, 2.75) is 26.7 Å². The van der Waals surface area contributed by atoms with Gasteiger partial charge in [-0.3, -0.25) is 4.79 Å². The summed E-state index contributed by atoms with van der Waals surface area (Å²) in [5.41, 5.74) is 1.26. The lowest BCUT2D eigenvalue weighted by molar-refractivity contribution is 0.0631. The average Bonchev–Trinajstić information content (AvgIpc) is 2.64. The van der Waals surface area contributed by atoms with Gasteiger partial charge in [0.1, 0.15) is 0 Å². The summed E-state index contributed by atoms with van der Waals surface area (Å²) in [6, 6.07) is 1.98. The molecule has 0 aromatic carbocycles. The number of thiophene rings is 1. The summed E-state index contributed by atoms with van der Waals surface area (Å²) in [5, 5.41) is 1.96. The highest BCUT2D eigenvalue weighted by Crippen LogP contribution is 2.30. The molecule has 2 heterocycles. The number of piperidine rings is 1. The maximum absolute atomic E-state index is 12.2. The highest BCUT2D eigenvalue weighted by molar-refractivity contribution is 14.1. The Balaban J connectivity index is 2.02. The molecule has 1 aliphatic rings. The second-order valence-corrected chi connectivity index (χ2v) is 7.90. The minimum Gasteiger partial charge on any atom is -0.339 e. The van der Waals surface area contributed by atoms with Crippen LogP contribution in [0.4, 0.5) is 0 Å². The zero-order valence-electron chi connectivity index (χ0n) is 9.62. The van der Waals surface area contributed by atoms with Gasteiger partial charge in [0.15, 0.2) is 0 Å². The predicted molar refractivity (Wildman–Crippen MR) is 76.0 cm³/mol. The Morgan fingerprint density at radius 1 is 1.44 bits per heavy atom. The van der Waals surface area contributed by atoms with Crippen LogP contribution in [0.2, 0.25) is 0 Å². The molecule has 0 radical (unpaired) electrons. The predicted octanol–water partition coefficient (Wildman–Crippen LogP) is 3.61. The minimum atomic E-state index is 0.203. The molecule has 1 aliphatic heterocycles. The first kappa shape index (κ1) is 12.4. The third kappa shape index (κ3) is 2.77. The van der Waals surface area contributed by atoms with Gasteiger partial charge in [-0.2, -0.15) is 0 Å². The van der Waals surface area contributed by atoms with Gasteiger partial charge in [-0.05, 0) is 46.9 Å². The third-order valence-electron chi connectivity index (χ3n) is 3.22. The molecule has 4 heteroatoms. The molecule has 1 saturated heterocycles. The fourth-order valence-corrected chi connectivity index (χ4v) is 3.24. The quantitative estimate of drug-likeness (QED) is 0.710. The van der Waals surface area contributed by atoms with Gasteiger partial charge in [0.2, 0.25) is 0 Å². The van der Waals surface area contributed by atoms with E-state index in [-0.39, 0.29) is 5.91 Å². The van der Waals surface area contributed by atoms with Crippen LogP contribution in [0.15, 0.2) is 11.4 Å². The highest BCUT2D eigenvalue weighted by Gasteiger charge is 2.28. The number of carbonyl (C=O) groups excluding carboxylic acids is 1. The number of amides is 1. The zero-order chi connectivity index (χ0) is 11.8. The molecule has 0 bridgehead atoms. The van der Waals surface area contributed by atoms with Crippen LogP contribution in [0.25, 0.3) is 0 Å². The van der Waals surface area contributed by atoms with E-state index in [1.165, 1.54) is 2.88 Å². The Hall–Kier alpha value is -0.100. The van der Waals surface area contributed by atoms with Crippen molar-refractivity contribution >= 4 is 39.8 Å². The summed E-state index contributed by atoms with van der Waals surface area (Å²) < 4.78 is 1.18. The first-order valence-electron chi connectivity index (χ1n) is 5.51. The van der Waals surface area contributed by atoms with E-state index in [0.29, 0.717) is 5.41 Å². The summed E-state index contributed by atoms with van der Waals surface area (Å²) >= 11 is 3.89. The van der Waals surface area contributed by atoms with E-state index in [1.807, 2.05) is 16.3 Å². The smallest absolute Gasteiger partial charge is 0.254 e. The van der Waals surface area contributed by atoms with Crippen LogP contribution in [0.3, 0.4) is 0 Å². The Morgan fingerprint density at radius 2 is 2.06 bits per heavy atom. The first-order chi connectivity index (χ1) is 7.48. The molecule has 88 valence electrons. The lowest BCUT2D eigenvalue weighted by Crippen LogP contribution is -2.41. The number of carbonyl (C=O) groups is 1. The van der Waals surface area contributed by atoms with Gasteiger partial charge < -0.3 is 4.90 Å². The molecule has 0 aliphatic carbocycles. The number of likely N-dealkylation sites (tertiary alicyclic amines) is 1. The van der Waals surface area contributed by atoms with Crippen LogP contribution in [0.5, 0.6) is 0 Å². The molecule has 0 N–H and O–H groups in total. The van der Waals surface area contributed by atoms with Gasteiger partial charge in [0, 0.05) is 18.5 Å². The van der Waals surface area contributed by atoms with E-state index < -0.39 is 0 Å². The highest BCUT2D eigenvalue weighted by atomic mass is 127.